The van der Waals surface area contributed by atoms with Gasteiger partial charge in [-0.2, -0.15) is 0 Å². The Hall–Kier alpha value is -0.860. The van der Waals surface area contributed by atoms with Crippen LogP contribution in [-0.2, 0) is 14.3 Å². The van der Waals surface area contributed by atoms with Crippen molar-refractivity contribution in [3.05, 3.63) is 0 Å². The summed E-state index contributed by atoms with van der Waals surface area (Å²) in [5, 5.41) is 0. The molecule has 4 aliphatic carbocycles. The van der Waals surface area contributed by atoms with Gasteiger partial charge in [-0.15, -0.1) is 0 Å². The van der Waals surface area contributed by atoms with Crippen LogP contribution < -0.4 is 0 Å². The van der Waals surface area contributed by atoms with Crippen LogP contribution in [0.25, 0.3) is 0 Å². The van der Waals surface area contributed by atoms with Gasteiger partial charge in [-0.05, 0) is 73.5 Å². The molecule has 0 aliphatic heterocycles. The van der Waals surface area contributed by atoms with E-state index >= 15 is 0 Å². The van der Waals surface area contributed by atoms with Crippen molar-refractivity contribution in [2.24, 2.45) is 40.4 Å². The molecule has 0 N–H and O–H groups in total. The van der Waals surface area contributed by atoms with Crippen LogP contribution in [0.5, 0.6) is 0 Å². The SMILES string of the molecule is CC[C@H]1CC(=O)C[C@@H]2CC[C@@H]3[C@H](CC[C@]4(C)C(OC(C)=O)CC[C@@H]34)[C@@]12C. The molecule has 0 aromatic rings. The van der Waals surface area contributed by atoms with E-state index in [-0.39, 0.29) is 17.5 Å². The topological polar surface area (TPSA) is 43.4 Å². The molecule has 4 rings (SSSR count). The molecule has 4 fully saturated rings. The van der Waals surface area contributed by atoms with Gasteiger partial charge in [0.05, 0.1) is 0 Å². The molecule has 0 aromatic heterocycles. The average molecular weight is 361 g/mol. The number of fused-ring (bicyclic) bond motifs is 5. The number of Topliss-reactive ketones (excluding diaryl/α,β-unsaturated/α-hetero) is 1. The fourth-order valence-corrected chi connectivity index (χ4v) is 8.21. The highest BCUT2D eigenvalue weighted by Crippen LogP contribution is 2.67. The maximum absolute atomic E-state index is 12.3. The molecule has 0 saturated heterocycles. The molecular formula is C23H36O3. The van der Waals surface area contributed by atoms with Crippen LogP contribution in [-0.4, -0.2) is 17.9 Å². The summed E-state index contributed by atoms with van der Waals surface area (Å²) in [7, 11) is 0. The van der Waals surface area contributed by atoms with E-state index in [0.717, 1.165) is 37.5 Å². The maximum atomic E-state index is 12.3. The van der Waals surface area contributed by atoms with Crippen LogP contribution >= 0.6 is 0 Å². The molecule has 0 spiro atoms. The minimum absolute atomic E-state index is 0.117. The summed E-state index contributed by atoms with van der Waals surface area (Å²) in [5.41, 5.74) is 0.509. The Labute approximate surface area is 158 Å². The zero-order chi connectivity index (χ0) is 18.7. The first kappa shape index (κ1) is 18.5. The van der Waals surface area contributed by atoms with E-state index in [1.165, 1.54) is 32.1 Å². The number of hydrogen-bond donors (Lipinski definition) is 0. The fourth-order valence-electron chi connectivity index (χ4n) is 8.21. The Bertz CT molecular complexity index is 586. The molecule has 8 atom stereocenters. The quantitative estimate of drug-likeness (QED) is 0.638. The second-order valence-electron chi connectivity index (χ2n) is 10.3. The van der Waals surface area contributed by atoms with E-state index in [1.54, 1.807) is 6.92 Å². The molecular weight excluding hydrogens is 324 g/mol. The van der Waals surface area contributed by atoms with E-state index < -0.39 is 0 Å². The Balaban J connectivity index is 1.63. The molecule has 4 saturated carbocycles. The summed E-state index contributed by atoms with van der Waals surface area (Å²) in [6.07, 6.45) is 10.1. The number of ketones is 1. The number of rotatable bonds is 2. The summed E-state index contributed by atoms with van der Waals surface area (Å²) in [6.45, 7) is 8.77. The van der Waals surface area contributed by atoms with Crippen LogP contribution in [0.1, 0.15) is 85.5 Å². The van der Waals surface area contributed by atoms with Crippen LogP contribution in [0.15, 0.2) is 0 Å². The van der Waals surface area contributed by atoms with Crippen LogP contribution in [0, 0.1) is 40.4 Å². The Morgan fingerprint density at radius 3 is 2.54 bits per heavy atom. The first-order valence-corrected chi connectivity index (χ1v) is 11.0. The smallest absolute Gasteiger partial charge is 0.302 e. The molecule has 0 aromatic carbocycles. The van der Waals surface area contributed by atoms with Gasteiger partial charge in [0.15, 0.2) is 0 Å². The molecule has 0 amide bonds. The highest BCUT2D eigenvalue weighted by Gasteiger charge is 2.62. The molecule has 146 valence electrons. The highest BCUT2D eigenvalue weighted by atomic mass is 16.5. The van der Waals surface area contributed by atoms with Crippen molar-refractivity contribution >= 4 is 11.8 Å². The van der Waals surface area contributed by atoms with Gasteiger partial charge in [0.2, 0.25) is 0 Å². The van der Waals surface area contributed by atoms with Crippen LogP contribution in [0.2, 0.25) is 0 Å². The Morgan fingerprint density at radius 2 is 1.85 bits per heavy atom. The molecule has 0 heterocycles. The van der Waals surface area contributed by atoms with E-state index in [1.807, 2.05) is 0 Å². The molecule has 4 aliphatic rings. The maximum Gasteiger partial charge on any atom is 0.302 e. The number of ether oxygens (including phenoxy) is 1. The largest absolute Gasteiger partial charge is 0.462 e. The lowest BCUT2D eigenvalue weighted by atomic mass is 9.42. The van der Waals surface area contributed by atoms with Crippen molar-refractivity contribution in [3.63, 3.8) is 0 Å². The Kier molecular flexibility index (Phi) is 4.51. The molecule has 26 heavy (non-hydrogen) atoms. The van der Waals surface area contributed by atoms with Gasteiger partial charge in [0.25, 0.3) is 0 Å². The van der Waals surface area contributed by atoms with Gasteiger partial charge in [-0.3, -0.25) is 9.59 Å². The van der Waals surface area contributed by atoms with E-state index in [4.69, 9.17) is 4.74 Å². The van der Waals surface area contributed by atoms with E-state index in [2.05, 4.69) is 20.8 Å². The third-order valence-electron chi connectivity index (χ3n) is 9.51. The molecule has 3 heteroatoms. The van der Waals surface area contributed by atoms with Gasteiger partial charge in [0, 0.05) is 25.2 Å². The molecule has 1 unspecified atom stereocenters. The monoisotopic (exact) mass is 360 g/mol. The standard InChI is InChI=1S/C23H36O3/c1-5-15-12-17(25)13-16-6-7-18-19-8-9-21(26-14(2)24)22(19,3)11-10-20(18)23(15,16)4/h15-16,18-21H,5-13H2,1-4H3/t15-,16-,18-,19-,20-,21?,22-,23-/m0/s1. The third-order valence-corrected chi connectivity index (χ3v) is 9.51. The lowest BCUT2D eigenvalue weighted by Crippen LogP contribution is -2.57. The minimum Gasteiger partial charge on any atom is -0.462 e. The molecule has 0 radical (unpaired) electrons. The van der Waals surface area contributed by atoms with Crippen molar-refractivity contribution in [3.8, 4) is 0 Å². The van der Waals surface area contributed by atoms with Crippen LogP contribution in [0.3, 0.4) is 0 Å². The normalized spacial score (nSPS) is 50.5. The first-order chi connectivity index (χ1) is 12.3. The predicted octanol–water partition coefficient (Wildman–Crippen LogP) is 5.17. The van der Waals surface area contributed by atoms with Crippen molar-refractivity contribution in [1.29, 1.82) is 0 Å². The Morgan fingerprint density at radius 1 is 1.08 bits per heavy atom. The zero-order valence-corrected chi connectivity index (χ0v) is 17.1. The van der Waals surface area contributed by atoms with Crippen molar-refractivity contribution in [2.75, 3.05) is 0 Å². The van der Waals surface area contributed by atoms with Gasteiger partial charge in [-0.25, -0.2) is 0 Å². The summed E-state index contributed by atoms with van der Waals surface area (Å²) in [6, 6.07) is 0. The molecule has 0 bridgehead atoms. The highest BCUT2D eigenvalue weighted by molar-refractivity contribution is 5.80. The lowest BCUT2D eigenvalue weighted by molar-refractivity contribution is -0.168. The summed E-state index contributed by atoms with van der Waals surface area (Å²) >= 11 is 0. The van der Waals surface area contributed by atoms with Gasteiger partial charge in [-0.1, -0.05) is 27.2 Å². The zero-order valence-electron chi connectivity index (χ0n) is 17.1. The lowest BCUT2D eigenvalue weighted by Gasteiger charge is -2.62. The fraction of sp³-hybridized carbons (Fsp3) is 0.913. The number of carbonyl (C=O) groups is 2. The van der Waals surface area contributed by atoms with Crippen molar-refractivity contribution in [1.82, 2.24) is 0 Å². The average Bonchev–Trinajstić information content (AvgIpc) is 2.91. The van der Waals surface area contributed by atoms with Gasteiger partial charge >= 0.3 is 5.97 Å². The van der Waals surface area contributed by atoms with E-state index in [9.17, 15) is 9.59 Å². The van der Waals surface area contributed by atoms with Crippen LogP contribution in [0.4, 0.5) is 0 Å². The summed E-state index contributed by atoms with van der Waals surface area (Å²) in [4.78, 5) is 23.9. The number of hydrogen-bond acceptors (Lipinski definition) is 3. The van der Waals surface area contributed by atoms with E-state index in [0.29, 0.717) is 29.0 Å². The van der Waals surface area contributed by atoms with Crippen molar-refractivity contribution < 1.29 is 14.3 Å². The second kappa shape index (κ2) is 6.34. The summed E-state index contributed by atoms with van der Waals surface area (Å²) in [5.74, 6) is 3.77. The minimum atomic E-state index is -0.119. The number of carbonyl (C=O) groups excluding carboxylic acids is 2. The number of esters is 1. The molecule has 3 nitrogen and oxygen atoms in total. The van der Waals surface area contributed by atoms with Crippen molar-refractivity contribution in [2.45, 2.75) is 91.6 Å². The first-order valence-electron chi connectivity index (χ1n) is 11.0. The summed E-state index contributed by atoms with van der Waals surface area (Å²) < 4.78 is 5.77. The van der Waals surface area contributed by atoms with Gasteiger partial charge in [0.1, 0.15) is 11.9 Å². The second-order valence-corrected chi connectivity index (χ2v) is 10.3. The third kappa shape index (κ3) is 2.52. The van der Waals surface area contributed by atoms with Gasteiger partial charge < -0.3 is 4.74 Å². The predicted molar refractivity (Wildman–Crippen MR) is 101 cm³/mol.